The number of hydrogen-bond donors (Lipinski definition) is 0. The Morgan fingerprint density at radius 3 is 2.33 bits per heavy atom. The second-order valence-corrected chi connectivity index (χ2v) is 8.66. The Labute approximate surface area is 144 Å². The van der Waals surface area contributed by atoms with Crippen molar-refractivity contribution in [3.8, 4) is 11.3 Å². The monoisotopic (exact) mass is 360 g/mol. The third kappa shape index (κ3) is 2.59. The number of hydrogen-bond acceptors (Lipinski definition) is 5. The number of aromatic nitrogens is 2. The molecule has 0 unspecified atom stereocenters. The van der Waals surface area contributed by atoms with Crippen molar-refractivity contribution in [2.45, 2.75) is 25.0 Å². The van der Waals surface area contributed by atoms with E-state index in [1.807, 2.05) is 30.3 Å². The Hall–Kier alpha value is -2.25. The Balaban J connectivity index is 2.32. The van der Waals surface area contributed by atoms with Crippen molar-refractivity contribution in [2.75, 3.05) is 0 Å². The van der Waals surface area contributed by atoms with Gasteiger partial charge >= 0.3 is 0 Å². The summed E-state index contributed by atoms with van der Waals surface area (Å²) in [6.07, 6.45) is 2.06. The van der Waals surface area contributed by atoms with Gasteiger partial charge in [-0.1, -0.05) is 30.3 Å². The third-order valence-corrected chi connectivity index (χ3v) is 7.11. The quantitative estimate of drug-likeness (QED) is 0.667. The molecule has 0 bridgehead atoms. The SMILES string of the molecule is Cc1nc(C)c(S(=O)(=O)n2cc(C=O)c(C)c2-c2ccccc2)s1. The number of rotatable bonds is 4. The Morgan fingerprint density at radius 2 is 1.79 bits per heavy atom. The van der Waals surface area contributed by atoms with Gasteiger partial charge in [0.05, 0.1) is 16.4 Å². The third-order valence-electron chi connectivity index (χ3n) is 3.79. The molecule has 2 aromatic heterocycles. The van der Waals surface area contributed by atoms with Gasteiger partial charge in [0.1, 0.15) is 0 Å². The minimum Gasteiger partial charge on any atom is -0.298 e. The number of nitrogens with zero attached hydrogens (tertiary/aromatic N) is 2. The molecular formula is C17H16N2O3S2. The van der Waals surface area contributed by atoms with Crippen LogP contribution >= 0.6 is 11.3 Å². The topological polar surface area (TPSA) is 69.0 Å². The minimum absolute atomic E-state index is 0.199. The first kappa shape index (κ1) is 16.6. The van der Waals surface area contributed by atoms with E-state index in [0.717, 1.165) is 16.9 Å². The van der Waals surface area contributed by atoms with Gasteiger partial charge in [-0.15, -0.1) is 11.3 Å². The number of carbonyl (C=O) groups is 1. The van der Waals surface area contributed by atoms with Gasteiger partial charge in [-0.05, 0) is 31.9 Å². The minimum atomic E-state index is -3.83. The highest BCUT2D eigenvalue weighted by Crippen LogP contribution is 2.33. The number of aldehydes is 1. The van der Waals surface area contributed by atoms with Crippen molar-refractivity contribution in [3.05, 3.63) is 58.4 Å². The molecule has 1 aromatic carbocycles. The van der Waals surface area contributed by atoms with Crippen LogP contribution in [0, 0.1) is 20.8 Å². The lowest BCUT2D eigenvalue weighted by Crippen LogP contribution is -2.13. The molecule has 2 heterocycles. The molecule has 0 fully saturated rings. The molecule has 0 N–H and O–H groups in total. The van der Waals surface area contributed by atoms with Crippen LogP contribution < -0.4 is 0 Å². The van der Waals surface area contributed by atoms with Gasteiger partial charge < -0.3 is 0 Å². The maximum absolute atomic E-state index is 13.2. The second kappa shape index (κ2) is 5.99. The molecule has 0 aliphatic rings. The van der Waals surface area contributed by atoms with Crippen molar-refractivity contribution in [3.63, 3.8) is 0 Å². The van der Waals surface area contributed by atoms with E-state index in [0.29, 0.717) is 33.8 Å². The Bertz CT molecular complexity index is 1020. The van der Waals surface area contributed by atoms with Gasteiger partial charge in [0.25, 0.3) is 10.0 Å². The van der Waals surface area contributed by atoms with Crippen LogP contribution in [0.3, 0.4) is 0 Å². The molecule has 0 aliphatic heterocycles. The summed E-state index contributed by atoms with van der Waals surface area (Å²) in [6.45, 7) is 5.20. The van der Waals surface area contributed by atoms with Crippen molar-refractivity contribution in [2.24, 2.45) is 0 Å². The molecule has 0 spiro atoms. The summed E-state index contributed by atoms with van der Waals surface area (Å²) in [5, 5.41) is 0.687. The van der Waals surface area contributed by atoms with Crippen LogP contribution in [0.2, 0.25) is 0 Å². The molecule has 0 amide bonds. The molecule has 7 heteroatoms. The van der Waals surface area contributed by atoms with E-state index in [9.17, 15) is 13.2 Å². The highest BCUT2D eigenvalue weighted by atomic mass is 32.2. The zero-order chi connectivity index (χ0) is 17.5. The predicted molar refractivity (Wildman–Crippen MR) is 94.2 cm³/mol. The molecular weight excluding hydrogens is 344 g/mol. The van der Waals surface area contributed by atoms with Crippen LogP contribution in [0.25, 0.3) is 11.3 Å². The van der Waals surface area contributed by atoms with Crippen LogP contribution in [0.1, 0.15) is 26.6 Å². The highest BCUT2D eigenvalue weighted by Gasteiger charge is 2.28. The first-order valence-corrected chi connectivity index (χ1v) is 9.54. The molecule has 3 rings (SSSR count). The van der Waals surface area contributed by atoms with E-state index >= 15 is 0 Å². The van der Waals surface area contributed by atoms with Crippen molar-refractivity contribution in [1.82, 2.24) is 8.96 Å². The lowest BCUT2D eigenvalue weighted by molar-refractivity contribution is 0.112. The average molecular weight is 360 g/mol. The number of benzene rings is 1. The first-order valence-electron chi connectivity index (χ1n) is 7.28. The van der Waals surface area contributed by atoms with E-state index in [4.69, 9.17) is 0 Å². The molecule has 0 saturated carbocycles. The molecule has 0 saturated heterocycles. The van der Waals surface area contributed by atoms with Gasteiger partial charge in [0.15, 0.2) is 10.5 Å². The van der Waals surface area contributed by atoms with Crippen molar-refractivity contribution in [1.29, 1.82) is 0 Å². The fourth-order valence-corrected chi connectivity index (χ4v) is 5.68. The number of aryl methyl sites for hydroxylation is 2. The molecule has 124 valence electrons. The summed E-state index contributed by atoms with van der Waals surface area (Å²) in [6, 6.07) is 9.18. The van der Waals surface area contributed by atoms with E-state index in [-0.39, 0.29) is 4.21 Å². The molecule has 0 atom stereocenters. The predicted octanol–water partition coefficient (Wildman–Crippen LogP) is 3.59. The molecule has 5 nitrogen and oxygen atoms in total. The van der Waals surface area contributed by atoms with Gasteiger partial charge in [0, 0.05) is 11.8 Å². The van der Waals surface area contributed by atoms with Crippen LogP contribution in [-0.4, -0.2) is 23.7 Å². The van der Waals surface area contributed by atoms with Crippen LogP contribution in [0.15, 0.2) is 40.7 Å². The highest BCUT2D eigenvalue weighted by molar-refractivity contribution is 7.92. The van der Waals surface area contributed by atoms with Crippen molar-refractivity contribution < 1.29 is 13.2 Å². The second-order valence-electron chi connectivity index (χ2n) is 5.45. The maximum Gasteiger partial charge on any atom is 0.279 e. The van der Waals surface area contributed by atoms with Gasteiger partial charge in [0.2, 0.25) is 0 Å². The molecule has 24 heavy (non-hydrogen) atoms. The fraction of sp³-hybridized carbons (Fsp3) is 0.176. The van der Waals surface area contributed by atoms with Crippen molar-refractivity contribution >= 4 is 27.6 Å². The molecule has 3 aromatic rings. The first-order chi connectivity index (χ1) is 11.4. The molecule has 0 aliphatic carbocycles. The van der Waals surface area contributed by atoms with Crippen LogP contribution in [0.4, 0.5) is 0 Å². The van der Waals surface area contributed by atoms with Gasteiger partial charge in [-0.3, -0.25) is 4.79 Å². The summed E-state index contributed by atoms with van der Waals surface area (Å²) < 4.78 is 27.7. The number of thiazole rings is 1. The fourth-order valence-electron chi connectivity index (χ4n) is 2.68. The van der Waals surface area contributed by atoms with Gasteiger partial charge in [-0.2, -0.15) is 8.42 Å². The van der Waals surface area contributed by atoms with Crippen LogP contribution in [-0.2, 0) is 10.0 Å². The summed E-state index contributed by atoms with van der Waals surface area (Å²) in [5.41, 5.74) is 2.71. The standard InChI is InChI=1S/C17H16N2O3S2/c1-11-15(10-20)9-19(16(11)14-7-5-4-6-8-14)24(21,22)17-12(2)18-13(3)23-17/h4-10H,1-3H3. The zero-order valence-electron chi connectivity index (χ0n) is 13.5. The number of carbonyl (C=O) groups excluding carboxylic acids is 1. The van der Waals surface area contributed by atoms with E-state index in [2.05, 4.69) is 4.98 Å². The largest absolute Gasteiger partial charge is 0.298 e. The Kier molecular flexibility index (Phi) is 4.15. The molecule has 0 radical (unpaired) electrons. The summed E-state index contributed by atoms with van der Waals surface area (Å²) in [5.74, 6) is 0. The summed E-state index contributed by atoms with van der Waals surface area (Å²) >= 11 is 1.13. The van der Waals surface area contributed by atoms with Gasteiger partial charge in [-0.25, -0.2) is 8.96 Å². The summed E-state index contributed by atoms with van der Waals surface area (Å²) in [4.78, 5) is 15.6. The lowest BCUT2D eigenvalue weighted by atomic mass is 10.1. The smallest absolute Gasteiger partial charge is 0.279 e. The van der Waals surface area contributed by atoms with Crippen LogP contribution in [0.5, 0.6) is 0 Å². The zero-order valence-corrected chi connectivity index (χ0v) is 15.1. The summed E-state index contributed by atoms with van der Waals surface area (Å²) in [7, 11) is -3.83. The lowest BCUT2D eigenvalue weighted by Gasteiger charge is -2.10. The normalized spacial score (nSPS) is 11.6. The van der Waals surface area contributed by atoms with E-state index in [1.165, 1.54) is 10.2 Å². The Morgan fingerprint density at radius 1 is 1.12 bits per heavy atom. The van der Waals surface area contributed by atoms with E-state index < -0.39 is 10.0 Å². The average Bonchev–Trinajstić information content (AvgIpc) is 3.08. The van der Waals surface area contributed by atoms with E-state index in [1.54, 1.807) is 20.8 Å². The maximum atomic E-state index is 13.2.